The van der Waals surface area contributed by atoms with E-state index < -0.39 is 0 Å². The number of aromatic nitrogens is 3. The highest BCUT2D eigenvalue weighted by atomic mass is 16.2. The minimum absolute atomic E-state index is 0.0622. The van der Waals surface area contributed by atoms with E-state index in [9.17, 15) is 9.59 Å². The fraction of sp³-hybridized carbons (Fsp3) is 0.652. The first-order valence-electron chi connectivity index (χ1n) is 12.0. The lowest BCUT2D eigenvalue weighted by atomic mass is 9.96. The van der Waals surface area contributed by atoms with Crippen molar-refractivity contribution in [1.29, 1.82) is 0 Å². The van der Waals surface area contributed by atoms with Gasteiger partial charge in [-0.2, -0.15) is 9.61 Å². The Kier molecular flexibility index (Phi) is 5.99. The summed E-state index contributed by atoms with van der Waals surface area (Å²) in [7, 11) is 0. The van der Waals surface area contributed by atoms with Crippen LogP contribution in [0.3, 0.4) is 0 Å². The summed E-state index contributed by atoms with van der Waals surface area (Å²) in [5, 5.41) is 7.97. The number of hydrogen-bond donors (Lipinski definition) is 1. The van der Waals surface area contributed by atoms with Crippen molar-refractivity contribution < 1.29 is 9.59 Å². The fourth-order valence-electron chi connectivity index (χ4n) is 5.09. The minimum atomic E-state index is -0.0622. The van der Waals surface area contributed by atoms with Crippen molar-refractivity contribution in [2.75, 3.05) is 57.3 Å². The van der Waals surface area contributed by atoms with E-state index in [4.69, 9.17) is 4.98 Å². The van der Waals surface area contributed by atoms with Crippen LogP contribution in [0.4, 0.5) is 5.82 Å². The zero-order chi connectivity index (χ0) is 22.1. The van der Waals surface area contributed by atoms with Gasteiger partial charge in [-0.1, -0.05) is 19.8 Å². The first-order valence-corrected chi connectivity index (χ1v) is 12.0. The first-order chi connectivity index (χ1) is 15.7. The van der Waals surface area contributed by atoms with Crippen LogP contribution >= 0.6 is 0 Å². The van der Waals surface area contributed by atoms with Gasteiger partial charge in [-0.25, -0.2) is 4.98 Å². The van der Waals surface area contributed by atoms with Crippen molar-refractivity contribution in [1.82, 2.24) is 29.7 Å². The van der Waals surface area contributed by atoms with E-state index >= 15 is 0 Å². The molecule has 9 heteroatoms. The average Bonchev–Trinajstić information content (AvgIpc) is 3.10. The molecule has 0 saturated carbocycles. The van der Waals surface area contributed by atoms with Crippen molar-refractivity contribution in [3.63, 3.8) is 0 Å². The van der Waals surface area contributed by atoms with Crippen LogP contribution in [-0.2, 0) is 22.4 Å². The van der Waals surface area contributed by atoms with Crippen LogP contribution in [0.5, 0.6) is 0 Å². The highest BCUT2D eigenvalue weighted by Crippen LogP contribution is 2.32. The maximum Gasteiger partial charge on any atom is 0.242 e. The largest absolute Gasteiger partial charge is 0.354 e. The van der Waals surface area contributed by atoms with E-state index in [2.05, 4.69) is 22.2 Å². The van der Waals surface area contributed by atoms with Crippen molar-refractivity contribution >= 4 is 23.3 Å². The lowest BCUT2D eigenvalue weighted by Crippen LogP contribution is -2.59. The number of nitrogens with zero attached hydrogens (tertiary/aromatic N) is 6. The third kappa shape index (κ3) is 3.94. The molecule has 32 heavy (non-hydrogen) atoms. The van der Waals surface area contributed by atoms with Crippen LogP contribution in [0.25, 0.3) is 5.65 Å². The summed E-state index contributed by atoms with van der Waals surface area (Å²) in [6, 6.07) is 1.94. The molecule has 0 aromatic carbocycles. The van der Waals surface area contributed by atoms with Crippen LogP contribution in [0.1, 0.15) is 37.4 Å². The van der Waals surface area contributed by atoms with Crippen molar-refractivity contribution in [2.45, 2.75) is 39.0 Å². The third-order valence-electron chi connectivity index (χ3n) is 6.97. The standard InChI is InChI=1S/C23H33N7O2/c1-2-3-4-11-27-12-13-28(16-21(27)31)23(32)17-14-29(15-17)22-18-5-8-24-9-6-19(18)26-20-7-10-25-30(20)22/h7,10,17,24H,2-6,8-9,11-16H2,1H3. The summed E-state index contributed by atoms with van der Waals surface area (Å²) in [5.41, 5.74) is 3.24. The predicted octanol–water partition coefficient (Wildman–Crippen LogP) is 0.715. The van der Waals surface area contributed by atoms with Crippen LogP contribution in [0.2, 0.25) is 0 Å². The van der Waals surface area contributed by atoms with Gasteiger partial charge in [0.1, 0.15) is 5.82 Å². The van der Waals surface area contributed by atoms with Crippen molar-refractivity contribution in [2.24, 2.45) is 5.92 Å². The zero-order valence-electron chi connectivity index (χ0n) is 18.9. The SMILES string of the molecule is CCCCCN1CCN(C(=O)C2CN(c3c4c(nc5ccnn35)CCNCC4)C2)CC1=O. The van der Waals surface area contributed by atoms with Crippen LogP contribution < -0.4 is 10.2 Å². The molecule has 2 saturated heterocycles. The molecule has 5 rings (SSSR count). The summed E-state index contributed by atoms with van der Waals surface area (Å²) in [4.78, 5) is 36.4. The van der Waals surface area contributed by atoms with Crippen LogP contribution in [0.15, 0.2) is 12.3 Å². The molecule has 2 aromatic rings. The third-order valence-corrected chi connectivity index (χ3v) is 6.97. The van der Waals surface area contributed by atoms with Crippen molar-refractivity contribution in [3.8, 4) is 0 Å². The molecule has 0 spiro atoms. The molecule has 0 unspecified atom stereocenters. The number of amides is 2. The Balaban J connectivity index is 1.25. The predicted molar refractivity (Wildman–Crippen MR) is 122 cm³/mol. The van der Waals surface area contributed by atoms with Gasteiger partial charge in [-0.05, 0) is 19.4 Å². The maximum atomic E-state index is 13.1. The second kappa shape index (κ2) is 9.05. The molecule has 1 N–H and O–H groups in total. The molecule has 3 aliphatic heterocycles. The molecule has 2 amide bonds. The second-order valence-electron chi connectivity index (χ2n) is 9.16. The fourth-order valence-corrected chi connectivity index (χ4v) is 5.09. The van der Waals surface area contributed by atoms with Gasteiger partial charge in [0, 0.05) is 57.3 Å². The number of hydrogen-bond acceptors (Lipinski definition) is 6. The van der Waals surface area contributed by atoms with Gasteiger partial charge >= 0.3 is 0 Å². The number of carbonyl (C=O) groups excluding carboxylic acids is 2. The number of fused-ring (bicyclic) bond motifs is 2. The van der Waals surface area contributed by atoms with E-state index in [1.165, 1.54) is 5.56 Å². The van der Waals surface area contributed by atoms with Gasteiger partial charge in [0.15, 0.2) is 5.65 Å². The Bertz CT molecular complexity index is 998. The number of carbonyl (C=O) groups is 2. The molecule has 0 atom stereocenters. The summed E-state index contributed by atoms with van der Waals surface area (Å²) in [5.74, 6) is 1.22. The number of anilines is 1. The van der Waals surface area contributed by atoms with Gasteiger partial charge < -0.3 is 20.0 Å². The molecule has 0 radical (unpaired) electrons. The molecule has 3 aliphatic rings. The summed E-state index contributed by atoms with van der Waals surface area (Å²) < 4.78 is 1.92. The Morgan fingerprint density at radius 3 is 2.84 bits per heavy atom. The molecule has 0 bridgehead atoms. The van der Waals surface area contributed by atoms with Gasteiger partial charge in [-0.15, -0.1) is 0 Å². The normalized spacial score (nSPS) is 19.8. The Labute approximate surface area is 188 Å². The molecule has 2 fully saturated rings. The lowest BCUT2D eigenvalue weighted by molar-refractivity contribution is -0.148. The Morgan fingerprint density at radius 2 is 2.03 bits per heavy atom. The number of unbranched alkanes of at least 4 members (excludes halogenated alkanes) is 2. The topological polar surface area (TPSA) is 86.1 Å². The van der Waals surface area contributed by atoms with E-state index in [1.807, 2.05) is 15.5 Å². The van der Waals surface area contributed by atoms with Gasteiger partial charge in [-0.3, -0.25) is 9.59 Å². The Morgan fingerprint density at radius 1 is 1.19 bits per heavy atom. The number of piperazine rings is 1. The lowest BCUT2D eigenvalue weighted by Gasteiger charge is -2.44. The second-order valence-corrected chi connectivity index (χ2v) is 9.16. The molecular weight excluding hydrogens is 406 g/mol. The average molecular weight is 440 g/mol. The molecule has 5 heterocycles. The molecule has 9 nitrogen and oxygen atoms in total. The summed E-state index contributed by atoms with van der Waals surface area (Å²) in [6.45, 7) is 7.70. The zero-order valence-corrected chi connectivity index (χ0v) is 18.9. The van der Waals surface area contributed by atoms with E-state index in [0.717, 1.165) is 68.9 Å². The monoisotopic (exact) mass is 439 g/mol. The van der Waals surface area contributed by atoms with Gasteiger partial charge in [0.05, 0.1) is 24.4 Å². The minimum Gasteiger partial charge on any atom is -0.354 e. The van der Waals surface area contributed by atoms with Gasteiger partial charge in [0.2, 0.25) is 11.8 Å². The quantitative estimate of drug-likeness (QED) is 0.668. The van der Waals surface area contributed by atoms with Crippen molar-refractivity contribution in [3.05, 3.63) is 23.5 Å². The highest BCUT2D eigenvalue weighted by molar-refractivity contribution is 5.88. The Hall–Kier alpha value is -2.68. The van der Waals surface area contributed by atoms with Crippen LogP contribution in [-0.4, -0.2) is 88.6 Å². The number of nitrogens with one attached hydrogen (secondary N) is 1. The molecular formula is C23H33N7O2. The van der Waals surface area contributed by atoms with Gasteiger partial charge in [0.25, 0.3) is 0 Å². The highest BCUT2D eigenvalue weighted by Gasteiger charge is 2.40. The van der Waals surface area contributed by atoms with E-state index in [1.54, 1.807) is 11.1 Å². The molecule has 2 aromatic heterocycles. The molecule has 172 valence electrons. The summed E-state index contributed by atoms with van der Waals surface area (Å²) >= 11 is 0. The van der Waals surface area contributed by atoms with E-state index in [-0.39, 0.29) is 24.3 Å². The first kappa shape index (κ1) is 21.2. The summed E-state index contributed by atoms with van der Waals surface area (Å²) in [6.07, 6.45) is 6.94. The van der Waals surface area contributed by atoms with E-state index in [0.29, 0.717) is 26.2 Å². The smallest absolute Gasteiger partial charge is 0.242 e. The molecule has 0 aliphatic carbocycles. The number of rotatable bonds is 6. The maximum absolute atomic E-state index is 13.1. The van der Waals surface area contributed by atoms with Crippen LogP contribution in [0, 0.1) is 5.92 Å².